The summed E-state index contributed by atoms with van der Waals surface area (Å²) in [6.45, 7) is 0. The van der Waals surface area contributed by atoms with Crippen LogP contribution in [0.3, 0.4) is 0 Å². The van der Waals surface area contributed by atoms with Crippen LogP contribution in [-0.2, 0) is 0 Å². The Kier molecular flexibility index (Phi) is 2.90. The third-order valence-electron chi connectivity index (χ3n) is 2.68. The standard InChI is InChI=1S/C10H8FN5O2S/c11-8-5-7(16(17)18)3-4-9(8)19-10-12-13-14-15(10)6-1-2-6/h3-6H,1-2H2. The molecule has 1 aromatic heterocycles. The van der Waals surface area contributed by atoms with Crippen molar-refractivity contribution in [2.45, 2.75) is 28.9 Å². The second kappa shape index (κ2) is 4.57. The SMILES string of the molecule is O=[N+]([O-])c1ccc(Sc2nnnn2C2CC2)c(F)c1. The summed E-state index contributed by atoms with van der Waals surface area (Å²) in [6, 6.07) is 3.81. The van der Waals surface area contributed by atoms with Crippen molar-refractivity contribution < 1.29 is 9.31 Å². The Hall–Kier alpha value is -2.03. The van der Waals surface area contributed by atoms with Gasteiger partial charge in [0, 0.05) is 6.07 Å². The number of non-ortho nitro benzene ring substituents is 1. The first kappa shape index (κ1) is 12.0. The molecule has 2 aromatic rings. The fourth-order valence-corrected chi connectivity index (χ4v) is 2.43. The van der Waals surface area contributed by atoms with Crippen molar-refractivity contribution in [1.29, 1.82) is 0 Å². The van der Waals surface area contributed by atoms with Crippen molar-refractivity contribution in [3.05, 3.63) is 34.1 Å². The molecule has 1 aliphatic carbocycles. The number of nitro benzene ring substituents is 1. The number of nitro groups is 1. The lowest BCUT2D eigenvalue weighted by Crippen LogP contribution is -1.99. The van der Waals surface area contributed by atoms with Gasteiger partial charge in [0.25, 0.3) is 5.69 Å². The van der Waals surface area contributed by atoms with E-state index in [9.17, 15) is 14.5 Å². The van der Waals surface area contributed by atoms with Crippen molar-refractivity contribution >= 4 is 17.4 Å². The lowest BCUT2D eigenvalue weighted by atomic mass is 10.3. The zero-order valence-electron chi connectivity index (χ0n) is 9.56. The molecule has 1 aromatic carbocycles. The Balaban J connectivity index is 1.86. The van der Waals surface area contributed by atoms with E-state index in [4.69, 9.17) is 0 Å². The van der Waals surface area contributed by atoms with Crippen LogP contribution in [0.4, 0.5) is 10.1 Å². The monoisotopic (exact) mass is 281 g/mol. The summed E-state index contributed by atoms with van der Waals surface area (Å²) in [6.07, 6.45) is 2.03. The highest BCUT2D eigenvalue weighted by molar-refractivity contribution is 7.99. The molecule has 0 aliphatic heterocycles. The van der Waals surface area contributed by atoms with E-state index < -0.39 is 10.7 Å². The molecule has 9 heteroatoms. The second-order valence-electron chi connectivity index (χ2n) is 4.11. The van der Waals surface area contributed by atoms with Crippen LogP contribution in [0.1, 0.15) is 18.9 Å². The summed E-state index contributed by atoms with van der Waals surface area (Å²) in [5.74, 6) is -0.649. The molecule has 0 radical (unpaired) electrons. The van der Waals surface area contributed by atoms with Gasteiger partial charge in [-0.3, -0.25) is 10.1 Å². The van der Waals surface area contributed by atoms with Gasteiger partial charge in [-0.25, -0.2) is 9.07 Å². The van der Waals surface area contributed by atoms with Crippen LogP contribution in [-0.4, -0.2) is 25.1 Å². The molecule has 0 atom stereocenters. The molecule has 7 nitrogen and oxygen atoms in total. The molecule has 98 valence electrons. The number of tetrazole rings is 1. The van der Waals surface area contributed by atoms with Crippen LogP contribution >= 0.6 is 11.8 Å². The molecule has 0 N–H and O–H groups in total. The number of rotatable bonds is 4. The minimum Gasteiger partial charge on any atom is -0.258 e. The second-order valence-corrected chi connectivity index (χ2v) is 5.12. The van der Waals surface area contributed by atoms with Crippen molar-refractivity contribution in [3.8, 4) is 0 Å². The first-order valence-corrected chi connectivity index (χ1v) is 6.36. The van der Waals surface area contributed by atoms with Crippen molar-refractivity contribution in [2.24, 2.45) is 0 Å². The van der Waals surface area contributed by atoms with E-state index in [-0.39, 0.29) is 10.6 Å². The largest absolute Gasteiger partial charge is 0.272 e. The molecule has 0 saturated heterocycles. The predicted molar refractivity (Wildman–Crippen MR) is 63.3 cm³/mol. The Bertz CT molecular complexity index is 643. The lowest BCUT2D eigenvalue weighted by molar-refractivity contribution is -0.385. The predicted octanol–water partition coefficient (Wildman–Crippen LogP) is 2.21. The van der Waals surface area contributed by atoms with Gasteiger partial charge < -0.3 is 0 Å². The smallest absolute Gasteiger partial charge is 0.258 e. The normalized spacial score (nSPS) is 14.6. The van der Waals surface area contributed by atoms with Crippen molar-refractivity contribution in [2.75, 3.05) is 0 Å². The molecular weight excluding hydrogens is 273 g/mol. The first-order chi connectivity index (χ1) is 9.15. The fourth-order valence-electron chi connectivity index (χ4n) is 1.59. The van der Waals surface area contributed by atoms with Crippen LogP contribution < -0.4 is 0 Å². The summed E-state index contributed by atoms with van der Waals surface area (Å²) in [5.41, 5.74) is -0.274. The summed E-state index contributed by atoms with van der Waals surface area (Å²) in [5, 5.41) is 22.3. The Morgan fingerprint density at radius 1 is 1.47 bits per heavy atom. The van der Waals surface area contributed by atoms with Crippen LogP contribution in [0.2, 0.25) is 0 Å². The molecule has 0 spiro atoms. The Morgan fingerprint density at radius 3 is 2.89 bits per heavy atom. The number of hydrogen-bond acceptors (Lipinski definition) is 6. The van der Waals surface area contributed by atoms with Crippen LogP contribution in [0.5, 0.6) is 0 Å². The van der Waals surface area contributed by atoms with Crippen LogP contribution in [0.15, 0.2) is 28.3 Å². The van der Waals surface area contributed by atoms with Gasteiger partial charge in [0.05, 0.1) is 21.9 Å². The molecule has 1 aliphatic rings. The van der Waals surface area contributed by atoms with Crippen LogP contribution in [0, 0.1) is 15.9 Å². The van der Waals surface area contributed by atoms with Gasteiger partial charge in [0.15, 0.2) is 0 Å². The maximum atomic E-state index is 13.7. The number of hydrogen-bond donors (Lipinski definition) is 0. The number of aromatic nitrogens is 4. The molecular formula is C10H8FN5O2S. The quantitative estimate of drug-likeness (QED) is 0.630. The molecule has 1 saturated carbocycles. The van der Waals surface area contributed by atoms with Gasteiger partial charge in [0.2, 0.25) is 5.16 Å². The highest BCUT2D eigenvalue weighted by Crippen LogP contribution is 2.38. The zero-order valence-corrected chi connectivity index (χ0v) is 10.4. The maximum Gasteiger partial charge on any atom is 0.272 e. The van der Waals surface area contributed by atoms with Gasteiger partial charge in [-0.1, -0.05) is 0 Å². The number of benzene rings is 1. The third kappa shape index (κ3) is 2.41. The van der Waals surface area contributed by atoms with E-state index in [1.165, 1.54) is 12.1 Å². The Morgan fingerprint density at radius 2 is 2.26 bits per heavy atom. The molecule has 0 amide bonds. The highest BCUT2D eigenvalue weighted by atomic mass is 32.2. The van der Waals surface area contributed by atoms with Crippen LogP contribution in [0.25, 0.3) is 0 Å². The molecule has 1 fully saturated rings. The third-order valence-corrected chi connectivity index (χ3v) is 3.69. The van der Waals surface area contributed by atoms with E-state index in [1.807, 2.05) is 0 Å². The number of halogens is 1. The van der Waals surface area contributed by atoms with Gasteiger partial charge in [-0.15, -0.1) is 5.10 Å². The molecule has 0 bridgehead atoms. The minimum atomic E-state index is -0.649. The topological polar surface area (TPSA) is 86.7 Å². The van der Waals surface area contributed by atoms with Gasteiger partial charge >= 0.3 is 0 Å². The average Bonchev–Trinajstić information content (AvgIpc) is 3.12. The molecule has 1 heterocycles. The van der Waals surface area contributed by atoms with E-state index >= 15 is 0 Å². The summed E-state index contributed by atoms with van der Waals surface area (Å²) >= 11 is 1.07. The van der Waals surface area contributed by atoms with E-state index in [0.29, 0.717) is 11.2 Å². The fraction of sp³-hybridized carbons (Fsp3) is 0.300. The zero-order chi connectivity index (χ0) is 13.4. The highest BCUT2D eigenvalue weighted by Gasteiger charge is 2.28. The first-order valence-electron chi connectivity index (χ1n) is 5.55. The van der Waals surface area contributed by atoms with Gasteiger partial charge in [-0.2, -0.15) is 0 Å². The minimum absolute atomic E-state index is 0.266. The van der Waals surface area contributed by atoms with E-state index in [1.54, 1.807) is 4.68 Å². The molecule has 19 heavy (non-hydrogen) atoms. The van der Waals surface area contributed by atoms with Gasteiger partial charge in [0.1, 0.15) is 5.82 Å². The van der Waals surface area contributed by atoms with Crippen molar-refractivity contribution in [1.82, 2.24) is 20.2 Å². The molecule has 0 unspecified atom stereocenters. The molecule has 3 rings (SSSR count). The Labute approximate surface area is 111 Å². The van der Waals surface area contributed by atoms with Crippen molar-refractivity contribution in [3.63, 3.8) is 0 Å². The number of nitrogens with zero attached hydrogens (tertiary/aromatic N) is 5. The lowest BCUT2D eigenvalue weighted by Gasteiger charge is -2.03. The van der Waals surface area contributed by atoms with E-state index in [0.717, 1.165) is 30.7 Å². The average molecular weight is 281 g/mol. The van der Waals surface area contributed by atoms with E-state index in [2.05, 4.69) is 15.5 Å². The summed E-state index contributed by atoms with van der Waals surface area (Å²) in [7, 11) is 0. The summed E-state index contributed by atoms with van der Waals surface area (Å²) in [4.78, 5) is 10.2. The summed E-state index contributed by atoms with van der Waals surface area (Å²) < 4.78 is 15.4. The maximum absolute atomic E-state index is 13.7. The van der Waals surface area contributed by atoms with Gasteiger partial charge in [-0.05, 0) is 41.1 Å².